The Morgan fingerprint density at radius 1 is 1.12 bits per heavy atom. The van der Waals surface area contributed by atoms with Gasteiger partial charge in [-0.2, -0.15) is 0 Å². The number of carbonyl (C=O) groups excluding carboxylic acids is 1. The molecule has 0 saturated heterocycles. The fourth-order valence-electron chi connectivity index (χ4n) is 4.14. The van der Waals surface area contributed by atoms with Crippen LogP contribution in [0.3, 0.4) is 0 Å². The molecule has 1 aliphatic heterocycles. The van der Waals surface area contributed by atoms with Crippen molar-refractivity contribution in [1.82, 2.24) is 4.90 Å². The van der Waals surface area contributed by atoms with E-state index in [0.29, 0.717) is 28.5 Å². The summed E-state index contributed by atoms with van der Waals surface area (Å²) in [5.74, 6) is -0.831. The maximum absolute atomic E-state index is 13.3. The number of hydrogen-bond acceptors (Lipinski definition) is 4. The van der Waals surface area contributed by atoms with Crippen molar-refractivity contribution in [2.24, 2.45) is 5.73 Å². The summed E-state index contributed by atoms with van der Waals surface area (Å²) in [6.07, 6.45) is 3.60. The number of aromatic hydroxyl groups is 1. The maximum Gasteiger partial charge on any atom is 0.258 e. The molecule has 1 amide bonds. The van der Waals surface area contributed by atoms with Gasteiger partial charge in [0.15, 0.2) is 0 Å². The Kier molecular flexibility index (Phi) is 6.36. The molecule has 1 aliphatic rings. The molecule has 0 bridgehead atoms. The lowest BCUT2D eigenvalue weighted by Crippen LogP contribution is -2.28. The molecular formula is C27H24F2N2O3. The van der Waals surface area contributed by atoms with Crippen LogP contribution in [0.25, 0.3) is 12.7 Å². The van der Waals surface area contributed by atoms with E-state index in [4.69, 9.17) is 10.5 Å². The number of methoxy groups -OCH3 is 1. The van der Waals surface area contributed by atoms with Crippen LogP contribution < -0.4 is 20.9 Å². The van der Waals surface area contributed by atoms with E-state index < -0.39 is 0 Å². The third-order valence-corrected chi connectivity index (χ3v) is 5.87. The average Bonchev–Trinajstić information content (AvgIpc) is 3.15. The van der Waals surface area contributed by atoms with Gasteiger partial charge >= 0.3 is 0 Å². The minimum absolute atomic E-state index is 0.151. The van der Waals surface area contributed by atoms with Crippen LogP contribution in [0.4, 0.5) is 8.78 Å². The van der Waals surface area contributed by atoms with Crippen molar-refractivity contribution >= 4 is 18.6 Å². The van der Waals surface area contributed by atoms with Crippen molar-refractivity contribution in [2.75, 3.05) is 7.11 Å². The van der Waals surface area contributed by atoms with Gasteiger partial charge in [0.25, 0.3) is 5.91 Å². The summed E-state index contributed by atoms with van der Waals surface area (Å²) in [7, 11) is 1.49. The second kappa shape index (κ2) is 9.39. The summed E-state index contributed by atoms with van der Waals surface area (Å²) in [5.41, 5.74) is 8.85. The summed E-state index contributed by atoms with van der Waals surface area (Å²) in [5, 5.41) is 11.6. The number of ether oxygens (including phenoxy) is 1. The highest BCUT2D eigenvalue weighted by molar-refractivity contribution is 6.01. The minimum atomic E-state index is -0.356. The predicted molar refractivity (Wildman–Crippen MR) is 126 cm³/mol. The number of fused-ring (bicyclic) bond motifs is 1. The Morgan fingerprint density at radius 3 is 2.26 bits per heavy atom. The Morgan fingerprint density at radius 2 is 1.71 bits per heavy atom. The van der Waals surface area contributed by atoms with Gasteiger partial charge in [-0.05, 0) is 59.7 Å². The molecule has 0 aromatic heterocycles. The van der Waals surface area contributed by atoms with E-state index >= 15 is 0 Å². The molecule has 0 saturated carbocycles. The molecule has 174 valence electrons. The van der Waals surface area contributed by atoms with Gasteiger partial charge in [-0.15, -0.1) is 0 Å². The molecule has 0 atom stereocenters. The van der Waals surface area contributed by atoms with Crippen LogP contribution in [0.5, 0.6) is 11.5 Å². The lowest BCUT2D eigenvalue weighted by Gasteiger charge is -2.15. The summed E-state index contributed by atoms with van der Waals surface area (Å²) in [6.45, 7) is 4.44. The van der Waals surface area contributed by atoms with Crippen LogP contribution in [0.2, 0.25) is 0 Å². The van der Waals surface area contributed by atoms with E-state index in [0.717, 1.165) is 11.1 Å². The standard InChI is InChI=1S/C27H24F2N2O3/c1-16-22(12-19(13-30)11-17-3-7-20(28)8-4-17)26(34-2)23-15-31(27(33)24(23)25(16)32)14-18-5-9-21(29)10-6-18/h3-10,12-13,32H,1,11,14-15,30H2,2H3/b19-13-,22-12+. The molecule has 4 rings (SSSR count). The van der Waals surface area contributed by atoms with Crippen LogP contribution in [0.1, 0.15) is 27.0 Å². The number of benzene rings is 3. The van der Waals surface area contributed by atoms with Crippen LogP contribution in [0, 0.1) is 11.6 Å². The van der Waals surface area contributed by atoms with E-state index in [9.17, 15) is 18.7 Å². The van der Waals surface area contributed by atoms with E-state index in [1.165, 1.54) is 37.6 Å². The zero-order chi connectivity index (χ0) is 24.4. The van der Waals surface area contributed by atoms with E-state index in [1.807, 2.05) is 0 Å². The Hall–Kier alpha value is -4.13. The first kappa shape index (κ1) is 23.0. The van der Waals surface area contributed by atoms with Crippen LogP contribution in [-0.2, 0) is 19.5 Å². The van der Waals surface area contributed by atoms with Gasteiger partial charge in [0, 0.05) is 22.5 Å². The number of rotatable bonds is 6. The quantitative estimate of drug-likeness (QED) is 0.590. The van der Waals surface area contributed by atoms with Crippen LogP contribution in [-0.4, -0.2) is 23.0 Å². The van der Waals surface area contributed by atoms with Crippen molar-refractivity contribution < 1.29 is 23.4 Å². The van der Waals surface area contributed by atoms with Crippen LogP contribution >= 0.6 is 0 Å². The second-order valence-electron chi connectivity index (χ2n) is 8.10. The topological polar surface area (TPSA) is 75.8 Å². The van der Waals surface area contributed by atoms with E-state index in [2.05, 4.69) is 6.58 Å². The smallest absolute Gasteiger partial charge is 0.258 e. The average molecular weight is 462 g/mol. The second-order valence-corrected chi connectivity index (χ2v) is 8.10. The van der Waals surface area contributed by atoms with Gasteiger partial charge in [-0.25, -0.2) is 8.78 Å². The highest BCUT2D eigenvalue weighted by Gasteiger charge is 2.34. The fourth-order valence-corrected chi connectivity index (χ4v) is 4.14. The van der Waals surface area contributed by atoms with Gasteiger partial charge in [-0.1, -0.05) is 30.8 Å². The lowest BCUT2D eigenvalue weighted by molar-refractivity contribution is 0.0764. The first-order valence-corrected chi connectivity index (χ1v) is 10.6. The highest BCUT2D eigenvalue weighted by Crippen LogP contribution is 2.33. The number of phenols is 1. The van der Waals surface area contributed by atoms with Crippen molar-refractivity contribution in [2.45, 2.75) is 19.5 Å². The normalized spacial score (nSPS) is 14.0. The summed E-state index contributed by atoms with van der Waals surface area (Å²) in [4.78, 5) is 14.7. The molecule has 0 fully saturated rings. The van der Waals surface area contributed by atoms with Gasteiger partial charge in [0.2, 0.25) is 0 Å². The number of halogens is 2. The Bertz CT molecular complexity index is 1380. The number of carbonyl (C=O) groups is 1. The molecule has 1 heterocycles. The number of phenolic OH excluding ortho intramolecular Hbond substituents is 1. The number of amides is 1. The molecule has 0 aliphatic carbocycles. The first-order valence-electron chi connectivity index (χ1n) is 10.6. The number of allylic oxidation sites excluding steroid dienone is 1. The molecule has 3 N–H and O–H groups in total. The monoisotopic (exact) mass is 462 g/mol. The predicted octanol–water partition coefficient (Wildman–Crippen LogP) is 3.11. The minimum Gasteiger partial charge on any atom is -0.506 e. The molecule has 0 spiro atoms. The largest absolute Gasteiger partial charge is 0.506 e. The van der Waals surface area contributed by atoms with Crippen molar-refractivity contribution in [3.8, 4) is 11.5 Å². The fraction of sp³-hybridized carbons (Fsp3) is 0.148. The molecule has 7 heteroatoms. The highest BCUT2D eigenvalue weighted by atomic mass is 19.1. The Labute approximate surface area is 195 Å². The van der Waals surface area contributed by atoms with Gasteiger partial charge in [-0.3, -0.25) is 4.79 Å². The summed E-state index contributed by atoms with van der Waals surface area (Å²) < 4.78 is 32.2. The number of nitrogens with two attached hydrogens (primary N) is 1. The van der Waals surface area contributed by atoms with Gasteiger partial charge in [0.1, 0.15) is 23.1 Å². The molecule has 0 radical (unpaired) electrons. The zero-order valence-corrected chi connectivity index (χ0v) is 18.6. The SMILES string of the molecule is C=c1c(O)c2c(c(OC)/c1=C/C(=C\N)Cc1ccc(F)cc1)CN(Cc1ccc(F)cc1)C2=O. The zero-order valence-electron chi connectivity index (χ0n) is 18.6. The molecule has 3 aromatic rings. The molecule has 0 unspecified atom stereocenters. The van der Waals surface area contributed by atoms with Gasteiger partial charge < -0.3 is 20.5 Å². The summed E-state index contributed by atoms with van der Waals surface area (Å²) in [6, 6.07) is 12.0. The summed E-state index contributed by atoms with van der Waals surface area (Å²) >= 11 is 0. The van der Waals surface area contributed by atoms with E-state index in [-0.39, 0.29) is 47.2 Å². The molecule has 34 heavy (non-hydrogen) atoms. The van der Waals surface area contributed by atoms with Crippen molar-refractivity contribution in [3.05, 3.63) is 105 Å². The molecule has 3 aromatic carbocycles. The lowest BCUT2D eigenvalue weighted by atomic mass is 10.00. The molecular weight excluding hydrogens is 438 g/mol. The van der Waals surface area contributed by atoms with E-state index in [1.54, 1.807) is 35.2 Å². The van der Waals surface area contributed by atoms with Crippen molar-refractivity contribution in [1.29, 1.82) is 0 Å². The van der Waals surface area contributed by atoms with Gasteiger partial charge in [0.05, 0.1) is 19.2 Å². The maximum atomic E-state index is 13.3. The first-order chi connectivity index (χ1) is 16.3. The van der Waals surface area contributed by atoms with Crippen LogP contribution in [0.15, 0.2) is 60.3 Å². The van der Waals surface area contributed by atoms with Crippen molar-refractivity contribution in [3.63, 3.8) is 0 Å². The third-order valence-electron chi connectivity index (χ3n) is 5.87. The third kappa shape index (κ3) is 4.37. The molecule has 5 nitrogen and oxygen atoms in total. The number of hydrogen-bond donors (Lipinski definition) is 2. The number of nitrogens with zero attached hydrogens (tertiary/aromatic N) is 1. The Balaban J connectivity index is 1.74.